The Bertz CT molecular complexity index is 164. The lowest BCUT2D eigenvalue weighted by Crippen LogP contribution is -2.46. The second-order valence-corrected chi connectivity index (χ2v) is 2.17. The Kier molecular flexibility index (Phi) is 3.42. The molecule has 0 aromatic carbocycles. The number of hydroxylamine groups is 4. The van der Waals surface area contributed by atoms with E-state index in [9.17, 15) is 0 Å². The molecule has 12 heavy (non-hydrogen) atoms. The molecule has 6 nitrogen and oxygen atoms in total. The van der Waals surface area contributed by atoms with Gasteiger partial charge < -0.3 is 4.74 Å². The molecule has 70 valence electrons. The number of hydrogen-bond acceptors (Lipinski definition) is 6. The van der Waals surface area contributed by atoms with Gasteiger partial charge in [0.15, 0.2) is 0 Å². The lowest BCUT2D eigenvalue weighted by atomic mass is 10.7. The van der Waals surface area contributed by atoms with Crippen LogP contribution in [0.1, 0.15) is 0 Å². The van der Waals surface area contributed by atoms with E-state index in [-0.39, 0.29) is 6.35 Å². The van der Waals surface area contributed by atoms with Gasteiger partial charge in [-0.05, 0) is 0 Å². The second kappa shape index (κ2) is 4.36. The zero-order chi connectivity index (χ0) is 8.97. The van der Waals surface area contributed by atoms with E-state index in [1.807, 2.05) is 0 Å². The number of methoxy groups -OCH3 is 1. The summed E-state index contributed by atoms with van der Waals surface area (Å²) in [5.74, 6) is 0. The van der Waals surface area contributed by atoms with Crippen molar-refractivity contribution in [2.24, 2.45) is 4.99 Å². The minimum atomic E-state index is -0.388. The van der Waals surface area contributed by atoms with E-state index in [4.69, 9.17) is 14.4 Å². The van der Waals surface area contributed by atoms with Crippen LogP contribution in [0.25, 0.3) is 0 Å². The first-order chi connectivity index (χ1) is 5.81. The van der Waals surface area contributed by atoms with Gasteiger partial charge in [0.05, 0.1) is 14.2 Å². The molecular formula is C6H13N3O3. The zero-order valence-electron chi connectivity index (χ0n) is 7.43. The van der Waals surface area contributed by atoms with Gasteiger partial charge in [-0.25, -0.2) is 10.1 Å². The molecule has 1 heterocycles. The van der Waals surface area contributed by atoms with Crippen molar-refractivity contribution >= 4 is 6.34 Å². The van der Waals surface area contributed by atoms with Crippen molar-refractivity contribution in [3.63, 3.8) is 0 Å². The van der Waals surface area contributed by atoms with Gasteiger partial charge in [-0.3, -0.25) is 9.68 Å². The Morgan fingerprint density at radius 2 is 2.08 bits per heavy atom. The van der Waals surface area contributed by atoms with Gasteiger partial charge >= 0.3 is 0 Å². The highest BCUT2D eigenvalue weighted by Gasteiger charge is 2.22. The van der Waals surface area contributed by atoms with Crippen LogP contribution in [0.5, 0.6) is 0 Å². The highest BCUT2D eigenvalue weighted by Crippen LogP contribution is 2.07. The topological polar surface area (TPSA) is 46.5 Å². The molecule has 1 unspecified atom stereocenters. The van der Waals surface area contributed by atoms with Crippen LogP contribution in [0.2, 0.25) is 0 Å². The van der Waals surface area contributed by atoms with Crippen LogP contribution in [0.4, 0.5) is 0 Å². The highest BCUT2D eigenvalue weighted by atomic mass is 16.7. The van der Waals surface area contributed by atoms with Crippen molar-refractivity contribution < 1.29 is 14.4 Å². The van der Waals surface area contributed by atoms with Gasteiger partial charge in [0, 0.05) is 7.11 Å². The lowest BCUT2D eigenvalue weighted by Gasteiger charge is -2.32. The second-order valence-electron chi connectivity index (χ2n) is 2.17. The number of rotatable bonds is 3. The summed E-state index contributed by atoms with van der Waals surface area (Å²) in [6.45, 7) is 0.467. The minimum absolute atomic E-state index is 0.388. The summed E-state index contributed by atoms with van der Waals surface area (Å²) in [5, 5.41) is 3.07. The number of nitrogens with zero attached hydrogens (tertiary/aromatic N) is 3. The number of hydrogen-bond donors (Lipinski definition) is 0. The van der Waals surface area contributed by atoms with E-state index in [0.29, 0.717) is 6.67 Å². The smallest absolute Gasteiger partial charge is 0.231 e. The predicted octanol–water partition coefficient (Wildman–Crippen LogP) is -0.357. The van der Waals surface area contributed by atoms with Crippen molar-refractivity contribution in [3.8, 4) is 0 Å². The van der Waals surface area contributed by atoms with Gasteiger partial charge in [0.2, 0.25) is 6.35 Å². The molecule has 0 N–H and O–H groups in total. The molecule has 0 aliphatic carbocycles. The van der Waals surface area contributed by atoms with Crippen LogP contribution in [0.15, 0.2) is 4.99 Å². The Morgan fingerprint density at radius 3 is 2.58 bits per heavy atom. The van der Waals surface area contributed by atoms with Crippen LogP contribution >= 0.6 is 0 Å². The van der Waals surface area contributed by atoms with Crippen LogP contribution in [0.3, 0.4) is 0 Å². The first-order valence-corrected chi connectivity index (χ1v) is 3.49. The SMILES string of the molecule is COC1N=CN(OC)CN1OC. The van der Waals surface area contributed by atoms with Crippen LogP contribution in [0, 0.1) is 0 Å². The van der Waals surface area contributed by atoms with Crippen molar-refractivity contribution in [1.82, 2.24) is 10.1 Å². The summed E-state index contributed by atoms with van der Waals surface area (Å²) in [5.41, 5.74) is 0. The molecule has 6 heteroatoms. The fourth-order valence-corrected chi connectivity index (χ4v) is 0.881. The molecule has 0 fully saturated rings. The van der Waals surface area contributed by atoms with Gasteiger partial charge in [-0.15, -0.1) is 5.06 Å². The monoisotopic (exact) mass is 175 g/mol. The van der Waals surface area contributed by atoms with Gasteiger partial charge in [0.1, 0.15) is 13.0 Å². The minimum Gasteiger partial charge on any atom is -0.345 e. The maximum absolute atomic E-state index is 5.01. The summed E-state index contributed by atoms with van der Waals surface area (Å²) < 4.78 is 5.01. The molecule has 0 bridgehead atoms. The molecule has 0 spiro atoms. The van der Waals surface area contributed by atoms with Crippen LogP contribution in [-0.4, -0.2) is 50.8 Å². The maximum Gasteiger partial charge on any atom is 0.231 e. The molecule has 0 saturated carbocycles. The van der Waals surface area contributed by atoms with Crippen molar-refractivity contribution in [2.45, 2.75) is 6.35 Å². The fraction of sp³-hybridized carbons (Fsp3) is 0.833. The van der Waals surface area contributed by atoms with Gasteiger partial charge in [0.25, 0.3) is 0 Å². The third-order valence-corrected chi connectivity index (χ3v) is 1.53. The molecule has 0 aromatic rings. The van der Waals surface area contributed by atoms with Crippen LogP contribution in [-0.2, 0) is 14.4 Å². The summed E-state index contributed by atoms with van der Waals surface area (Å²) in [6.07, 6.45) is 1.17. The number of aliphatic imine (C=N–C) groups is 1. The molecular weight excluding hydrogens is 162 g/mol. The van der Waals surface area contributed by atoms with Crippen molar-refractivity contribution in [3.05, 3.63) is 0 Å². The Balaban J connectivity index is 2.56. The number of ether oxygens (including phenoxy) is 1. The van der Waals surface area contributed by atoms with E-state index < -0.39 is 0 Å². The third kappa shape index (κ3) is 1.92. The first kappa shape index (κ1) is 9.40. The van der Waals surface area contributed by atoms with E-state index in [0.717, 1.165) is 0 Å². The third-order valence-electron chi connectivity index (χ3n) is 1.53. The largest absolute Gasteiger partial charge is 0.345 e. The van der Waals surface area contributed by atoms with E-state index in [2.05, 4.69) is 4.99 Å². The molecule has 1 rings (SSSR count). The van der Waals surface area contributed by atoms with Crippen LogP contribution < -0.4 is 0 Å². The lowest BCUT2D eigenvalue weighted by molar-refractivity contribution is -0.275. The Hall–Kier alpha value is -0.690. The normalized spacial score (nSPS) is 24.9. The Labute approximate surface area is 71.2 Å². The van der Waals surface area contributed by atoms with Crippen molar-refractivity contribution in [2.75, 3.05) is 28.0 Å². The molecule has 0 saturated heterocycles. The zero-order valence-corrected chi connectivity index (χ0v) is 7.43. The summed E-state index contributed by atoms with van der Waals surface area (Å²) in [4.78, 5) is 13.9. The summed E-state index contributed by atoms with van der Waals surface area (Å²) in [6, 6.07) is 0. The Morgan fingerprint density at radius 1 is 1.33 bits per heavy atom. The maximum atomic E-state index is 5.01. The highest BCUT2D eigenvalue weighted by molar-refractivity contribution is 5.53. The average Bonchev–Trinajstić information content (AvgIpc) is 2.16. The summed E-state index contributed by atoms with van der Waals surface area (Å²) in [7, 11) is 4.68. The first-order valence-electron chi connectivity index (χ1n) is 3.49. The molecule has 1 aliphatic rings. The molecule has 1 aliphatic heterocycles. The molecule has 0 amide bonds. The predicted molar refractivity (Wildman–Crippen MR) is 41.9 cm³/mol. The summed E-state index contributed by atoms with van der Waals surface area (Å²) >= 11 is 0. The average molecular weight is 175 g/mol. The molecule has 1 atom stereocenters. The van der Waals surface area contributed by atoms with Crippen molar-refractivity contribution in [1.29, 1.82) is 0 Å². The van der Waals surface area contributed by atoms with Gasteiger partial charge in [-0.1, -0.05) is 0 Å². The van der Waals surface area contributed by atoms with E-state index in [1.54, 1.807) is 32.7 Å². The van der Waals surface area contributed by atoms with Gasteiger partial charge in [-0.2, -0.15) is 0 Å². The fourth-order valence-electron chi connectivity index (χ4n) is 0.881. The quantitative estimate of drug-likeness (QED) is 0.586. The van der Waals surface area contributed by atoms with E-state index >= 15 is 0 Å². The standard InChI is InChI=1S/C6H13N3O3/c1-10-6-7-4-8(11-2)5-9(6)12-3/h4,6H,5H2,1-3H3. The van der Waals surface area contributed by atoms with E-state index in [1.165, 1.54) is 5.06 Å². The molecule has 0 radical (unpaired) electrons. The molecule has 0 aromatic heterocycles.